The topological polar surface area (TPSA) is 90.5 Å². The highest BCUT2D eigenvalue weighted by Crippen LogP contribution is 2.61. The molecule has 8 heteroatoms. The van der Waals surface area contributed by atoms with Gasteiger partial charge in [-0.3, -0.25) is 9.59 Å². The van der Waals surface area contributed by atoms with Crippen molar-refractivity contribution in [1.29, 1.82) is 0 Å². The number of methoxy groups -OCH3 is 1. The Labute approximate surface area is 198 Å². The van der Waals surface area contributed by atoms with Crippen LogP contribution in [0.3, 0.4) is 0 Å². The smallest absolute Gasteiger partial charge is 0.293 e. The number of hydrogen-bond acceptors (Lipinski definition) is 5. The predicted molar refractivity (Wildman–Crippen MR) is 127 cm³/mol. The Morgan fingerprint density at radius 3 is 2.41 bits per heavy atom. The number of hydrogen-bond donors (Lipinski definition) is 1. The maximum atomic E-state index is 13.1. The van der Waals surface area contributed by atoms with Crippen LogP contribution >= 0.6 is 0 Å². The average molecular weight is 462 g/mol. The van der Waals surface area contributed by atoms with Gasteiger partial charge in [0, 0.05) is 11.6 Å². The molecule has 1 N–H and O–H groups in total. The lowest BCUT2D eigenvalue weighted by atomic mass is 9.48. The van der Waals surface area contributed by atoms with E-state index >= 15 is 0 Å². The van der Waals surface area contributed by atoms with Crippen molar-refractivity contribution in [1.82, 2.24) is 24.7 Å². The van der Waals surface area contributed by atoms with E-state index in [-0.39, 0.29) is 29.5 Å². The maximum absolute atomic E-state index is 13.1. The molecule has 7 rings (SSSR count). The van der Waals surface area contributed by atoms with Crippen molar-refractivity contribution in [2.24, 2.45) is 23.2 Å². The molecule has 1 atom stereocenters. The maximum Gasteiger partial charge on any atom is 0.293 e. The van der Waals surface area contributed by atoms with Gasteiger partial charge in [0.15, 0.2) is 0 Å². The van der Waals surface area contributed by atoms with Gasteiger partial charge >= 0.3 is 0 Å². The van der Waals surface area contributed by atoms with Crippen molar-refractivity contribution in [3.8, 4) is 17.0 Å². The van der Waals surface area contributed by atoms with Gasteiger partial charge in [-0.15, -0.1) is 0 Å². The van der Waals surface area contributed by atoms with E-state index in [1.54, 1.807) is 13.2 Å². The lowest BCUT2D eigenvalue weighted by Gasteiger charge is -2.59. The zero-order valence-corrected chi connectivity index (χ0v) is 19.7. The lowest BCUT2D eigenvalue weighted by molar-refractivity contribution is -0.126. The third-order valence-corrected chi connectivity index (χ3v) is 8.55. The third kappa shape index (κ3) is 3.60. The number of aromatic nitrogens is 4. The van der Waals surface area contributed by atoms with Crippen molar-refractivity contribution in [2.75, 3.05) is 7.11 Å². The molecule has 4 bridgehead atoms. The second kappa shape index (κ2) is 7.96. The van der Waals surface area contributed by atoms with Crippen LogP contribution < -0.4 is 15.6 Å². The van der Waals surface area contributed by atoms with Gasteiger partial charge in [0.25, 0.3) is 5.56 Å². The van der Waals surface area contributed by atoms with E-state index in [1.165, 1.54) is 54.0 Å². The predicted octanol–water partition coefficient (Wildman–Crippen LogP) is 3.29. The van der Waals surface area contributed by atoms with E-state index < -0.39 is 0 Å². The molecule has 1 unspecified atom stereocenters. The first-order chi connectivity index (χ1) is 16.4. The molecule has 34 heavy (non-hydrogen) atoms. The summed E-state index contributed by atoms with van der Waals surface area (Å²) in [5.41, 5.74) is 1.83. The monoisotopic (exact) mass is 461 g/mol. The molecule has 178 valence electrons. The molecule has 4 aliphatic rings. The normalized spacial score (nSPS) is 28.2. The zero-order valence-electron chi connectivity index (χ0n) is 19.7. The largest absolute Gasteiger partial charge is 0.497 e. The molecule has 0 radical (unpaired) electrons. The molecule has 2 aromatic heterocycles. The molecule has 0 aliphatic heterocycles. The molecule has 3 aromatic rings. The highest BCUT2D eigenvalue weighted by atomic mass is 16.5. The van der Waals surface area contributed by atoms with Gasteiger partial charge in [-0.1, -0.05) is 0 Å². The van der Waals surface area contributed by atoms with E-state index in [0.29, 0.717) is 11.2 Å². The lowest BCUT2D eigenvalue weighted by Crippen LogP contribution is -2.56. The van der Waals surface area contributed by atoms with Crippen molar-refractivity contribution in [2.45, 2.75) is 58.0 Å². The number of amides is 1. The quantitative estimate of drug-likeness (QED) is 0.608. The van der Waals surface area contributed by atoms with Gasteiger partial charge in [-0.2, -0.15) is 10.2 Å². The fourth-order valence-electron chi connectivity index (χ4n) is 7.24. The van der Waals surface area contributed by atoms with Gasteiger partial charge in [0.1, 0.15) is 24.1 Å². The molecule has 8 nitrogen and oxygen atoms in total. The molecular formula is C26H31N5O3. The summed E-state index contributed by atoms with van der Waals surface area (Å²) in [7, 11) is 1.62. The Morgan fingerprint density at radius 1 is 1.15 bits per heavy atom. The van der Waals surface area contributed by atoms with Crippen molar-refractivity contribution in [3.05, 3.63) is 47.0 Å². The number of nitrogens with zero attached hydrogens (tertiary/aromatic N) is 4. The SMILES string of the molecule is COc1ccc(-c2cc3c(=O)n(CC(=O)NC(C)C45CC6CC(CC(C6)C4)C5)ncn3n2)cc1. The number of benzene rings is 1. The Bertz CT molecular complexity index is 1260. The van der Waals surface area contributed by atoms with Crippen LogP contribution in [0.1, 0.15) is 45.4 Å². The summed E-state index contributed by atoms with van der Waals surface area (Å²) in [6.45, 7) is 2.07. The van der Waals surface area contributed by atoms with Crippen LogP contribution in [0.2, 0.25) is 0 Å². The summed E-state index contributed by atoms with van der Waals surface area (Å²) in [5.74, 6) is 3.10. The minimum Gasteiger partial charge on any atom is -0.497 e. The molecule has 0 saturated heterocycles. The number of carbonyl (C=O) groups is 1. The van der Waals surface area contributed by atoms with Crippen LogP contribution in [0, 0.1) is 23.2 Å². The Morgan fingerprint density at radius 2 is 1.79 bits per heavy atom. The zero-order chi connectivity index (χ0) is 23.4. The Balaban J connectivity index is 1.18. The highest BCUT2D eigenvalue weighted by molar-refractivity contribution is 5.76. The number of fused-ring (bicyclic) bond motifs is 1. The Hall–Kier alpha value is -3.16. The van der Waals surface area contributed by atoms with Crippen molar-refractivity contribution < 1.29 is 9.53 Å². The van der Waals surface area contributed by atoms with Gasteiger partial charge in [-0.05, 0) is 98.9 Å². The first kappa shape index (κ1) is 21.4. The van der Waals surface area contributed by atoms with E-state index in [0.717, 1.165) is 29.1 Å². The van der Waals surface area contributed by atoms with Crippen LogP contribution in [0.5, 0.6) is 5.75 Å². The summed E-state index contributed by atoms with van der Waals surface area (Å²) in [4.78, 5) is 26.0. The number of nitrogens with one attached hydrogen (secondary N) is 1. The molecule has 1 amide bonds. The second-order valence-electron chi connectivity index (χ2n) is 10.8. The Kier molecular flexibility index (Phi) is 5.00. The van der Waals surface area contributed by atoms with E-state index in [1.807, 2.05) is 24.3 Å². The molecule has 1 aromatic carbocycles. The molecule has 4 aliphatic carbocycles. The summed E-state index contributed by atoms with van der Waals surface area (Å²) in [6, 6.07) is 9.34. The minimum absolute atomic E-state index is 0.0882. The first-order valence-corrected chi connectivity index (χ1v) is 12.3. The van der Waals surface area contributed by atoms with Crippen molar-refractivity contribution in [3.63, 3.8) is 0 Å². The minimum atomic E-state index is -0.327. The third-order valence-electron chi connectivity index (χ3n) is 8.55. The van der Waals surface area contributed by atoms with E-state index in [4.69, 9.17) is 4.74 Å². The van der Waals surface area contributed by atoms with Gasteiger partial charge in [0.05, 0.1) is 12.8 Å². The van der Waals surface area contributed by atoms with Gasteiger partial charge in [0.2, 0.25) is 5.91 Å². The molecule has 2 heterocycles. The number of ether oxygens (including phenoxy) is 1. The van der Waals surface area contributed by atoms with Crippen LogP contribution in [-0.2, 0) is 11.3 Å². The summed E-state index contributed by atoms with van der Waals surface area (Å²) in [5, 5.41) is 11.9. The average Bonchev–Trinajstić information content (AvgIpc) is 3.25. The van der Waals surface area contributed by atoms with Crippen molar-refractivity contribution >= 4 is 11.4 Å². The first-order valence-electron chi connectivity index (χ1n) is 12.3. The van der Waals surface area contributed by atoms with Gasteiger partial charge < -0.3 is 10.1 Å². The molecule has 0 spiro atoms. The van der Waals surface area contributed by atoms with Crippen LogP contribution in [-0.4, -0.2) is 38.5 Å². The fourth-order valence-corrected chi connectivity index (χ4v) is 7.24. The van der Waals surface area contributed by atoms with Crippen LogP contribution in [0.25, 0.3) is 16.8 Å². The van der Waals surface area contributed by atoms with E-state index in [2.05, 4.69) is 22.4 Å². The summed E-state index contributed by atoms with van der Waals surface area (Å²) >= 11 is 0. The molecular weight excluding hydrogens is 430 g/mol. The summed E-state index contributed by atoms with van der Waals surface area (Å²) < 4.78 is 7.90. The summed E-state index contributed by atoms with van der Waals surface area (Å²) in [6.07, 6.45) is 9.31. The molecule has 4 saturated carbocycles. The van der Waals surface area contributed by atoms with Gasteiger partial charge in [-0.25, -0.2) is 9.20 Å². The van der Waals surface area contributed by atoms with Crippen LogP contribution in [0.15, 0.2) is 41.5 Å². The fraction of sp³-hybridized carbons (Fsp3) is 0.538. The second-order valence-corrected chi connectivity index (χ2v) is 10.8. The van der Waals surface area contributed by atoms with E-state index in [9.17, 15) is 9.59 Å². The number of carbonyl (C=O) groups excluding carboxylic acids is 1. The molecule has 4 fully saturated rings. The van der Waals surface area contributed by atoms with Crippen LogP contribution in [0.4, 0.5) is 0 Å². The highest BCUT2D eigenvalue weighted by Gasteiger charge is 2.53. The standard InChI is InChI=1S/C26H31N5O3/c1-16(26-11-17-7-18(12-26)9-19(8-17)13-26)28-24(32)14-30-25(33)23-10-22(29-31(23)15-27-30)20-3-5-21(34-2)6-4-20/h3-6,10,15-19H,7-9,11-14H2,1-2H3,(H,28,32). The number of rotatable bonds is 6.